The quantitative estimate of drug-likeness (QED) is 0.753. The van der Waals surface area contributed by atoms with Crippen LogP contribution in [0.25, 0.3) is 0 Å². The molecule has 1 spiro atoms. The average Bonchev–Trinajstić information content (AvgIpc) is 3.06. The van der Waals surface area contributed by atoms with Gasteiger partial charge in [-0.3, -0.25) is 9.59 Å². The molecule has 0 aromatic rings. The largest absolute Gasteiger partial charge is 0.364 e. The van der Waals surface area contributed by atoms with Crippen LogP contribution in [-0.4, -0.2) is 55.1 Å². The minimum absolute atomic E-state index is 0. The van der Waals surface area contributed by atoms with E-state index in [4.69, 9.17) is 10.5 Å². The molecular formula is C14H24ClN3O3. The number of nitrogens with two attached hydrogens (primary N) is 1. The molecule has 7 heteroatoms. The van der Waals surface area contributed by atoms with E-state index in [1.54, 1.807) is 0 Å². The van der Waals surface area contributed by atoms with Crippen molar-refractivity contribution in [3.05, 3.63) is 0 Å². The summed E-state index contributed by atoms with van der Waals surface area (Å²) in [6.45, 7) is 2.64. The van der Waals surface area contributed by atoms with Crippen LogP contribution in [0.5, 0.6) is 0 Å². The Bertz CT molecular complexity index is 420. The highest BCUT2D eigenvalue weighted by Crippen LogP contribution is 2.36. The first-order chi connectivity index (χ1) is 9.62. The van der Waals surface area contributed by atoms with E-state index in [1.165, 1.54) is 0 Å². The molecule has 3 N–H and O–H groups in total. The van der Waals surface area contributed by atoms with Crippen LogP contribution in [-0.2, 0) is 14.3 Å². The monoisotopic (exact) mass is 317 g/mol. The number of amides is 2. The lowest BCUT2D eigenvalue weighted by Crippen LogP contribution is -2.50. The van der Waals surface area contributed by atoms with Gasteiger partial charge in [0.1, 0.15) is 6.10 Å². The van der Waals surface area contributed by atoms with E-state index in [1.807, 2.05) is 4.90 Å². The standard InChI is InChI=1S/C14H23N3O3.ClH/c15-7-10-2-3-11(20-10)13(19)17-5-1-4-14(9-17)6-12(18)16-8-14;/h10-11H,1-9,15H2,(H,16,18);1H/t10-,11+,14?;/m1./s1. The topological polar surface area (TPSA) is 84.7 Å². The van der Waals surface area contributed by atoms with E-state index in [0.29, 0.717) is 26.1 Å². The molecule has 0 radical (unpaired) electrons. The van der Waals surface area contributed by atoms with Gasteiger partial charge in [-0.05, 0) is 25.7 Å². The fourth-order valence-electron chi connectivity index (χ4n) is 3.70. The number of likely N-dealkylation sites (tertiary alicyclic amines) is 1. The van der Waals surface area contributed by atoms with Gasteiger partial charge in [0.2, 0.25) is 5.91 Å². The van der Waals surface area contributed by atoms with Crippen molar-refractivity contribution in [3.8, 4) is 0 Å². The number of carbonyl (C=O) groups excluding carboxylic acids is 2. The molecule has 2 amide bonds. The Morgan fingerprint density at radius 2 is 2.29 bits per heavy atom. The molecule has 0 aromatic carbocycles. The first-order valence-electron chi connectivity index (χ1n) is 7.53. The molecule has 3 saturated heterocycles. The summed E-state index contributed by atoms with van der Waals surface area (Å²) in [6.07, 6.45) is 3.86. The number of hydrogen-bond acceptors (Lipinski definition) is 4. The van der Waals surface area contributed by atoms with Crippen LogP contribution in [0.15, 0.2) is 0 Å². The van der Waals surface area contributed by atoms with Crippen LogP contribution in [0.2, 0.25) is 0 Å². The van der Waals surface area contributed by atoms with Gasteiger partial charge in [-0.2, -0.15) is 0 Å². The van der Waals surface area contributed by atoms with E-state index < -0.39 is 0 Å². The maximum absolute atomic E-state index is 12.5. The van der Waals surface area contributed by atoms with Crippen molar-refractivity contribution >= 4 is 24.2 Å². The highest BCUT2D eigenvalue weighted by Gasteiger charge is 2.44. The van der Waals surface area contributed by atoms with Crippen LogP contribution in [0.1, 0.15) is 32.1 Å². The third kappa shape index (κ3) is 3.33. The molecule has 1 unspecified atom stereocenters. The molecular weight excluding hydrogens is 294 g/mol. The number of hydrogen-bond donors (Lipinski definition) is 2. The normalized spacial score (nSPS) is 35.7. The molecule has 21 heavy (non-hydrogen) atoms. The second-order valence-corrected chi connectivity index (χ2v) is 6.38. The van der Waals surface area contributed by atoms with Gasteiger partial charge in [0.25, 0.3) is 5.91 Å². The summed E-state index contributed by atoms with van der Waals surface area (Å²) in [6, 6.07) is 0. The molecule has 3 fully saturated rings. The summed E-state index contributed by atoms with van der Waals surface area (Å²) in [7, 11) is 0. The van der Waals surface area contributed by atoms with Gasteiger partial charge >= 0.3 is 0 Å². The summed E-state index contributed by atoms with van der Waals surface area (Å²) < 4.78 is 5.70. The second-order valence-electron chi connectivity index (χ2n) is 6.38. The van der Waals surface area contributed by atoms with E-state index in [9.17, 15) is 9.59 Å². The van der Waals surface area contributed by atoms with Crippen LogP contribution in [0, 0.1) is 5.41 Å². The molecule has 3 atom stereocenters. The minimum atomic E-state index is -0.330. The number of piperidine rings is 1. The second kappa shape index (κ2) is 6.50. The third-order valence-electron chi connectivity index (χ3n) is 4.82. The van der Waals surface area contributed by atoms with Crippen molar-refractivity contribution in [2.24, 2.45) is 11.1 Å². The van der Waals surface area contributed by atoms with Gasteiger partial charge in [-0.1, -0.05) is 0 Å². The molecule has 3 aliphatic rings. The summed E-state index contributed by atoms with van der Waals surface area (Å²) in [4.78, 5) is 25.9. The average molecular weight is 318 g/mol. The Labute approximate surface area is 131 Å². The molecule has 3 aliphatic heterocycles. The highest BCUT2D eigenvalue weighted by molar-refractivity contribution is 5.85. The van der Waals surface area contributed by atoms with Crippen LogP contribution < -0.4 is 11.1 Å². The predicted octanol–water partition coefficient (Wildman–Crippen LogP) is 0.0432. The Morgan fingerprint density at radius 1 is 1.48 bits per heavy atom. The van der Waals surface area contributed by atoms with Crippen LogP contribution in [0.4, 0.5) is 0 Å². The zero-order valence-corrected chi connectivity index (χ0v) is 13.0. The van der Waals surface area contributed by atoms with E-state index in [-0.39, 0.29) is 41.8 Å². The lowest BCUT2D eigenvalue weighted by molar-refractivity contribution is -0.146. The zero-order chi connectivity index (χ0) is 14.2. The maximum Gasteiger partial charge on any atom is 0.251 e. The number of rotatable bonds is 2. The number of nitrogens with one attached hydrogen (secondary N) is 1. The summed E-state index contributed by atoms with van der Waals surface area (Å²) >= 11 is 0. The molecule has 3 heterocycles. The van der Waals surface area contributed by atoms with Gasteiger partial charge in [-0.25, -0.2) is 0 Å². The lowest BCUT2D eigenvalue weighted by Gasteiger charge is -2.40. The van der Waals surface area contributed by atoms with Crippen molar-refractivity contribution in [2.45, 2.75) is 44.3 Å². The number of ether oxygens (including phenoxy) is 1. The Hall–Kier alpha value is -0.850. The Kier molecular flexibility index (Phi) is 5.11. The third-order valence-corrected chi connectivity index (χ3v) is 4.82. The minimum Gasteiger partial charge on any atom is -0.364 e. The fourth-order valence-corrected chi connectivity index (χ4v) is 3.70. The van der Waals surface area contributed by atoms with E-state index >= 15 is 0 Å². The first kappa shape index (κ1) is 16.5. The number of carbonyl (C=O) groups is 2. The van der Waals surface area contributed by atoms with Gasteiger partial charge in [0.15, 0.2) is 0 Å². The van der Waals surface area contributed by atoms with Gasteiger partial charge in [-0.15, -0.1) is 12.4 Å². The van der Waals surface area contributed by atoms with Gasteiger partial charge in [0.05, 0.1) is 6.10 Å². The first-order valence-corrected chi connectivity index (χ1v) is 7.53. The van der Waals surface area contributed by atoms with Crippen LogP contribution >= 0.6 is 12.4 Å². The maximum atomic E-state index is 12.5. The number of halogens is 1. The SMILES string of the molecule is Cl.NC[C@H]1CC[C@@H](C(=O)N2CCCC3(CNC(=O)C3)C2)O1. The van der Waals surface area contributed by atoms with Crippen molar-refractivity contribution < 1.29 is 14.3 Å². The van der Waals surface area contributed by atoms with E-state index in [0.717, 1.165) is 32.2 Å². The Morgan fingerprint density at radius 3 is 2.90 bits per heavy atom. The molecule has 0 aromatic heterocycles. The highest BCUT2D eigenvalue weighted by atomic mass is 35.5. The molecule has 6 nitrogen and oxygen atoms in total. The van der Waals surface area contributed by atoms with Crippen molar-refractivity contribution in [3.63, 3.8) is 0 Å². The molecule has 0 aliphatic carbocycles. The lowest BCUT2D eigenvalue weighted by atomic mass is 9.79. The van der Waals surface area contributed by atoms with Crippen molar-refractivity contribution in [1.29, 1.82) is 0 Å². The van der Waals surface area contributed by atoms with Crippen molar-refractivity contribution in [2.75, 3.05) is 26.2 Å². The zero-order valence-electron chi connectivity index (χ0n) is 12.2. The van der Waals surface area contributed by atoms with Gasteiger partial charge in [0, 0.05) is 38.0 Å². The van der Waals surface area contributed by atoms with Crippen molar-refractivity contribution in [1.82, 2.24) is 10.2 Å². The summed E-state index contributed by atoms with van der Waals surface area (Å²) in [5.74, 6) is 0.194. The summed E-state index contributed by atoms with van der Waals surface area (Å²) in [5.41, 5.74) is 5.54. The van der Waals surface area contributed by atoms with Gasteiger partial charge < -0.3 is 20.7 Å². The predicted molar refractivity (Wildman–Crippen MR) is 80.1 cm³/mol. The smallest absolute Gasteiger partial charge is 0.251 e. The fraction of sp³-hybridized carbons (Fsp3) is 0.857. The Balaban J connectivity index is 0.00000161. The number of nitrogens with zero attached hydrogens (tertiary/aromatic N) is 1. The van der Waals surface area contributed by atoms with E-state index in [2.05, 4.69) is 5.32 Å². The molecule has 0 saturated carbocycles. The molecule has 3 rings (SSSR count). The molecule has 0 bridgehead atoms. The van der Waals surface area contributed by atoms with Crippen LogP contribution in [0.3, 0.4) is 0 Å². The summed E-state index contributed by atoms with van der Waals surface area (Å²) in [5, 5.41) is 2.90. The molecule has 120 valence electrons.